The lowest BCUT2D eigenvalue weighted by atomic mass is 10.1. The summed E-state index contributed by atoms with van der Waals surface area (Å²) in [4.78, 5) is 4.35. The van der Waals surface area contributed by atoms with Crippen molar-refractivity contribution in [3.8, 4) is 11.5 Å². The molecule has 0 atom stereocenters. The van der Waals surface area contributed by atoms with Gasteiger partial charge in [0.25, 0.3) is 5.89 Å². The number of hydrogen-bond acceptors (Lipinski definition) is 4. The van der Waals surface area contributed by atoms with Crippen molar-refractivity contribution < 1.29 is 4.52 Å². The highest BCUT2D eigenvalue weighted by atomic mass is 35.5. The van der Waals surface area contributed by atoms with E-state index in [0.717, 1.165) is 5.56 Å². The van der Waals surface area contributed by atoms with Crippen molar-refractivity contribution in [3.63, 3.8) is 0 Å². The van der Waals surface area contributed by atoms with Crippen LogP contribution in [-0.2, 0) is 6.42 Å². The van der Waals surface area contributed by atoms with Crippen molar-refractivity contribution in [2.45, 2.75) is 6.42 Å². The van der Waals surface area contributed by atoms with Crippen LogP contribution in [-0.4, -0.2) is 10.1 Å². The summed E-state index contributed by atoms with van der Waals surface area (Å²) in [6, 6.07) is 12.7. The molecular formula is C15H11Cl2N3O. The van der Waals surface area contributed by atoms with E-state index in [-0.39, 0.29) is 0 Å². The number of anilines is 1. The first-order valence-electron chi connectivity index (χ1n) is 6.25. The molecule has 1 heterocycles. The Hall–Kier alpha value is -2.04. The zero-order valence-electron chi connectivity index (χ0n) is 10.9. The summed E-state index contributed by atoms with van der Waals surface area (Å²) in [5, 5.41) is 5.20. The molecule has 0 saturated heterocycles. The molecule has 6 heteroatoms. The number of aromatic nitrogens is 2. The van der Waals surface area contributed by atoms with Gasteiger partial charge in [-0.1, -0.05) is 46.6 Å². The third-order valence-electron chi connectivity index (χ3n) is 3.02. The molecule has 3 aromatic rings. The lowest BCUT2D eigenvalue weighted by Gasteiger charge is -2.00. The van der Waals surface area contributed by atoms with Gasteiger partial charge in [-0.2, -0.15) is 4.98 Å². The van der Waals surface area contributed by atoms with Crippen LogP contribution in [0.2, 0.25) is 10.0 Å². The Bertz CT molecular complexity index is 786. The fraction of sp³-hybridized carbons (Fsp3) is 0.0667. The van der Waals surface area contributed by atoms with Crippen LogP contribution in [0.1, 0.15) is 11.4 Å². The van der Waals surface area contributed by atoms with E-state index in [1.807, 2.05) is 24.3 Å². The van der Waals surface area contributed by atoms with E-state index in [1.165, 1.54) is 0 Å². The Kier molecular flexibility index (Phi) is 3.82. The zero-order chi connectivity index (χ0) is 14.8. The van der Waals surface area contributed by atoms with Crippen molar-refractivity contribution in [1.82, 2.24) is 10.1 Å². The van der Waals surface area contributed by atoms with Gasteiger partial charge in [-0.05, 0) is 29.8 Å². The number of benzene rings is 2. The maximum atomic E-state index is 6.12. The Labute approximate surface area is 131 Å². The minimum absolute atomic E-state index is 0.367. The van der Waals surface area contributed by atoms with Crippen LogP contribution in [0.15, 0.2) is 47.0 Å². The minimum atomic E-state index is 0.367. The van der Waals surface area contributed by atoms with Gasteiger partial charge in [0.2, 0.25) is 0 Å². The number of nitrogens with two attached hydrogens (primary N) is 1. The van der Waals surface area contributed by atoms with Crippen molar-refractivity contribution >= 4 is 28.9 Å². The summed E-state index contributed by atoms with van der Waals surface area (Å²) in [7, 11) is 0. The molecule has 0 radical (unpaired) electrons. The van der Waals surface area contributed by atoms with Gasteiger partial charge in [0, 0.05) is 22.2 Å². The van der Waals surface area contributed by atoms with Gasteiger partial charge in [-0.15, -0.1) is 0 Å². The second kappa shape index (κ2) is 5.76. The molecular weight excluding hydrogens is 309 g/mol. The Morgan fingerprint density at radius 1 is 1.10 bits per heavy atom. The Balaban J connectivity index is 1.88. The summed E-state index contributed by atoms with van der Waals surface area (Å²) in [6.45, 7) is 0. The highest BCUT2D eigenvalue weighted by Gasteiger charge is 2.13. The predicted octanol–water partition coefficient (Wildman–Crippen LogP) is 4.22. The smallest absolute Gasteiger partial charge is 0.260 e. The Morgan fingerprint density at radius 3 is 2.67 bits per heavy atom. The second-order valence-corrected chi connectivity index (χ2v) is 5.36. The lowest BCUT2D eigenvalue weighted by molar-refractivity contribution is 0.424. The second-order valence-electron chi connectivity index (χ2n) is 4.52. The van der Waals surface area contributed by atoms with Gasteiger partial charge in [-0.25, -0.2) is 0 Å². The molecule has 1 aromatic heterocycles. The van der Waals surface area contributed by atoms with E-state index in [4.69, 9.17) is 33.5 Å². The topological polar surface area (TPSA) is 64.9 Å². The number of nitrogens with zero attached hydrogens (tertiary/aromatic N) is 2. The first-order chi connectivity index (χ1) is 10.1. The summed E-state index contributed by atoms with van der Waals surface area (Å²) in [5.74, 6) is 0.915. The van der Waals surface area contributed by atoms with Gasteiger partial charge >= 0.3 is 0 Å². The van der Waals surface area contributed by atoms with Crippen molar-refractivity contribution in [3.05, 3.63) is 63.9 Å². The minimum Gasteiger partial charge on any atom is -0.398 e. The van der Waals surface area contributed by atoms with Crippen LogP contribution in [0.4, 0.5) is 5.69 Å². The van der Waals surface area contributed by atoms with Gasteiger partial charge < -0.3 is 10.3 Å². The SMILES string of the molecule is Nc1cc(Cl)ccc1-c1nc(Cc2ccccc2Cl)no1. The molecule has 0 aliphatic heterocycles. The lowest BCUT2D eigenvalue weighted by Crippen LogP contribution is -1.93. The zero-order valence-corrected chi connectivity index (χ0v) is 12.4. The number of rotatable bonds is 3. The molecule has 21 heavy (non-hydrogen) atoms. The van der Waals surface area contributed by atoms with Gasteiger partial charge in [0.15, 0.2) is 5.82 Å². The quantitative estimate of drug-likeness (QED) is 0.734. The van der Waals surface area contributed by atoms with Crippen LogP contribution in [0.25, 0.3) is 11.5 Å². The van der Waals surface area contributed by atoms with Crippen LogP contribution in [0, 0.1) is 0 Å². The van der Waals surface area contributed by atoms with E-state index < -0.39 is 0 Å². The molecule has 0 bridgehead atoms. The van der Waals surface area contributed by atoms with Gasteiger partial charge in [0.1, 0.15) is 0 Å². The fourth-order valence-corrected chi connectivity index (χ4v) is 2.36. The van der Waals surface area contributed by atoms with Crippen molar-refractivity contribution in [2.75, 3.05) is 5.73 Å². The maximum Gasteiger partial charge on any atom is 0.260 e. The van der Waals surface area contributed by atoms with Gasteiger partial charge in [-0.3, -0.25) is 0 Å². The van der Waals surface area contributed by atoms with Crippen molar-refractivity contribution in [2.24, 2.45) is 0 Å². The molecule has 3 rings (SSSR count). The highest BCUT2D eigenvalue weighted by Crippen LogP contribution is 2.27. The summed E-state index contributed by atoms with van der Waals surface area (Å²) in [5.41, 5.74) is 8.01. The van der Waals surface area contributed by atoms with Gasteiger partial charge in [0.05, 0.1) is 5.56 Å². The third kappa shape index (κ3) is 3.01. The van der Waals surface area contributed by atoms with E-state index >= 15 is 0 Å². The van der Waals surface area contributed by atoms with Crippen LogP contribution < -0.4 is 5.73 Å². The number of nitrogen functional groups attached to an aromatic ring is 1. The predicted molar refractivity (Wildman–Crippen MR) is 83.4 cm³/mol. The molecule has 4 nitrogen and oxygen atoms in total. The monoisotopic (exact) mass is 319 g/mol. The summed E-state index contributed by atoms with van der Waals surface area (Å²) >= 11 is 12.0. The van der Waals surface area contributed by atoms with E-state index in [9.17, 15) is 0 Å². The molecule has 2 aromatic carbocycles. The molecule has 0 amide bonds. The molecule has 0 unspecified atom stereocenters. The largest absolute Gasteiger partial charge is 0.398 e. The maximum absolute atomic E-state index is 6.12. The van der Waals surface area contributed by atoms with E-state index in [1.54, 1.807) is 18.2 Å². The standard InChI is InChI=1S/C15H11Cl2N3O/c16-10-5-6-11(13(18)8-10)15-19-14(20-21-15)7-9-3-1-2-4-12(9)17/h1-6,8H,7,18H2. The summed E-state index contributed by atoms with van der Waals surface area (Å²) < 4.78 is 5.26. The molecule has 2 N–H and O–H groups in total. The van der Waals surface area contributed by atoms with E-state index in [0.29, 0.717) is 39.4 Å². The Morgan fingerprint density at radius 2 is 1.90 bits per heavy atom. The molecule has 106 valence electrons. The molecule has 0 aliphatic rings. The molecule has 0 aliphatic carbocycles. The number of hydrogen-bond donors (Lipinski definition) is 1. The summed E-state index contributed by atoms with van der Waals surface area (Å²) in [6.07, 6.45) is 0.497. The average molecular weight is 320 g/mol. The van der Waals surface area contributed by atoms with Crippen molar-refractivity contribution in [1.29, 1.82) is 0 Å². The van der Waals surface area contributed by atoms with E-state index in [2.05, 4.69) is 10.1 Å². The molecule has 0 saturated carbocycles. The first kappa shape index (κ1) is 13.9. The number of halogens is 2. The molecule has 0 fully saturated rings. The van der Waals surface area contributed by atoms with Crippen LogP contribution >= 0.6 is 23.2 Å². The normalized spacial score (nSPS) is 10.8. The fourth-order valence-electron chi connectivity index (χ4n) is 1.98. The highest BCUT2D eigenvalue weighted by molar-refractivity contribution is 6.31. The third-order valence-corrected chi connectivity index (χ3v) is 3.62. The first-order valence-corrected chi connectivity index (χ1v) is 7.00. The molecule has 0 spiro atoms. The van der Waals surface area contributed by atoms with Crippen LogP contribution in [0.5, 0.6) is 0 Å². The average Bonchev–Trinajstić information content (AvgIpc) is 2.90. The van der Waals surface area contributed by atoms with Crippen LogP contribution in [0.3, 0.4) is 0 Å².